The van der Waals surface area contributed by atoms with Crippen molar-refractivity contribution in [2.45, 2.75) is 25.9 Å². The molecule has 1 atom stereocenters. The van der Waals surface area contributed by atoms with Crippen LogP contribution in [0.2, 0.25) is 0 Å². The highest BCUT2D eigenvalue weighted by atomic mass is 79.9. The van der Waals surface area contributed by atoms with E-state index in [4.69, 9.17) is 0 Å². The molecule has 0 aliphatic heterocycles. The predicted molar refractivity (Wildman–Crippen MR) is 111 cm³/mol. The summed E-state index contributed by atoms with van der Waals surface area (Å²) < 4.78 is 14.3. The monoisotopic (exact) mass is 452 g/mol. The Hall–Kier alpha value is -1.86. The van der Waals surface area contributed by atoms with E-state index in [1.807, 2.05) is 12.3 Å². The molecule has 0 fully saturated rings. The third-order valence-electron chi connectivity index (χ3n) is 4.05. The van der Waals surface area contributed by atoms with Crippen LogP contribution in [-0.2, 0) is 11.3 Å². The first-order valence-corrected chi connectivity index (χ1v) is 10.7. The second-order valence-electron chi connectivity index (χ2n) is 6.09. The molecule has 2 N–H and O–H groups in total. The SMILES string of the molecule is CSCCC(NC(=O)c1ccccc1Br)C(=O)NCc1ccc(C)c(F)c1. The van der Waals surface area contributed by atoms with Crippen molar-refractivity contribution in [3.8, 4) is 0 Å². The third-order valence-corrected chi connectivity index (χ3v) is 5.39. The molecule has 0 radical (unpaired) electrons. The van der Waals surface area contributed by atoms with Gasteiger partial charge in [-0.1, -0.05) is 24.3 Å². The number of hydrogen-bond donors (Lipinski definition) is 2. The number of carbonyl (C=O) groups is 2. The first kappa shape index (κ1) is 21.4. The van der Waals surface area contributed by atoms with Crippen LogP contribution in [-0.4, -0.2) is 29.9 Å². The van der Waals surface area contributed by atoms with Gasteiger partial charge in [0.05, 0.1) is 5.56 Å². The summed E-state index contributed by atoms with van der Waals surface area (Å²) in [4.78, 5) is 25.1. The molecule has 0 saturated carbocycles. The van der Waals surface area contributed by atoms with E-state index in [-0.39, 0.29) is 24.2 Å². The number of halogens is 2. The van der Waals surface area contributed by atoms with Crippen molar-refractivity contribution in [2.75, 3.05) is 12.0 Å². The Balaban J connectivity index is 2.03. The standard InChI is InChI=1S/C20H22BrFN2O2S/c1-13-7-8-14(11-17(13)22)12-23-20(26)18(9-10-27-2)24-19(25)15-5-3-4-6-16(15)21/h3-8,11,18H,9-10,12H2,1-2H3,(H,23,26)(H,24,25). The summed E-state index contributed by atoms with van der Waals surface area (Å²) in [5.41, 5.74) is 1.70. The fraction of sp³-hybridized carbons (Fsp3) is 0.300. The van der Waals surface area contributed by atoms with E-state index in [1.54, 1.807) is 49.0 Å². The van der Waals surface area contributed by atoms with E-state index in [0.717, 1.165) is 5.75 Å². The second kappa shape index (κ2) is 10.5. The van der Waals surface area contributed by atoms with Crippen molar-refractivity contribution < 1.29 is 14.0 Å². The van der Waals surface area contributed by atoms with Crippen LogP contribution in [0.5, 0.6) is 0 Å². The zero-order chi connectivity index (χ0) is 19.8. The Morgan fingerprint density at radius 2 is 1.96 bits per heavy atom. The van der Waals surface area contributed by atoms with Crippen LogP contribution in [0.4, 0.5) is 4.39 Å². The Labute approximate surface area is 171 Å². The number of amides is 2. The zero-order valence-electron chi connectivity index (χ0n) is 15.2. The fourth-order valence-corrected chi connectivity index (χ4v) is 3.38. The Morgan fingerprint density at radius 3 is 2.63 bits per heavy atom. The van der Waals surface area contributed by atoms with E-state index < -0.39 is 6.04 Å². The van der Waals surface area contributed by atoms with Gasteiger partial charge in [-0.3, -0.25) is 9.59 Å². The number of benzene rings is 2. The van der Waals surface area contributed by atoms with Crippen molar-refractivity contribution in [1.29, 1.82) is 0 Å². The molecule has 0 heterocycles. The van der Waals surface area contributed by atoms with Crippen LogP contribution in [0.25, 0.3) is 0 Å². The molecule has 2 rings (SSSR count). The second-order valence-corrected chi connectivity index (χ2v) is 7.93. The number of carbonyl (C=O) groups excluding carboxylic acids is 2. The largest absolute Gasteiger partial charge is 0.350 e. The van der Waals surface area contributed by atoms with E-state index in [9.17, 15) is 14.0 Å². The molecule has 144 valence electrons. The van der Waals surface area contributed by atoms with Crippen LogP contribution in [0, 0.1) is 12.7 Å². The maximum atomic E-state index is 13.6. The predicted octanol–water partition coefficient (Wildman–Crippen LogP) is 4.06. The van der Waals surface area contributed by atoms with E-state index in [2.05, 4.69) is 26.6 Å². The fourth-order valence-electron chi connectivity index (χ4n) is 2.44. The van der Waals surface area contributed by atoms with Crippen LogP contribution in [0.15, 0.2) is 46.9 Å². The molecule has 2 aromatic carbocycles. The van der Waals surface area contributed by atoms with Gasteiger partial charge in [0.15, 0.2) is 0 Å². The lowest BCUT2D eigenvalue weighted by atomic mass is 10.1. The minimum Gasteiger partial charge on any atom is -0.350 e. The molecule has 2 amide bonds. The van der Waals surface area contributed by atoms with Crippen LogP contribution >= 0.6 is 27.7 Å². The van der Waals surface area contributed by atoms with E-state index in [0.29, 0.717) is 27.6 Å². The molecule has 0 aromatic heterocycles. The molecule has 0 spiro atoms. The van der Waals surface area contributed by atoms with Gasteiger partial charge >= 0.3 is 0 Å². The highest BCUT2D eigenvalue weighted by Gasteiger charge is 2.22. The van der Waals surface area contributed by atoms with Crippen LogP contribution in [0.1, 0.15) is 27.9 Å². The Morgan fingerprint density at radius 1 is 1.22 bits per heavy atom. The molecular formula is C20H22BrFN2O2S. The molecule has 0 bridgehead atoms. The van der Waals surface area contributed by atoms with Crippen molar-refractivity contribution in [1.82, 2.24) is 10.6 Å². The smallest absolute Gasteiger partial charge is 0.253 e. The van der Waals surface area contributed by atoms with Crippen molar-refractivity contribution in [3.63, 3.8) is 0 Å². The van der Waals surface area contributed by atoms with Gasteiger partial charge in [-0.2, -0.15) is 11.8 Å². The van der Waals surface area contributed by atoms with Gasteiger partial charge in [-0.15, -0.1) is 0 Å². The topological polar surface area (TPSA) is 58.2 Å². The molecule has 0 aliphatic carbocycles. The van der Waals surface area contributed by atoms with Gasteiger partial charge in [0.2, 0.25) is 5.91 Å². The number of rotatable bonds is 8. The Bertz CT molecular complexity index is 816. The first-order chi connectivity index (χ1) is 12.9. The molecule has 0 aliphatic rings. The molecule has 7 heteroatoms. The lowest BCUT2D eigenvalue weighted by Crippen LogP contribution is -2.47. The number of thioether (sulfide) groups is 1. The summed E-state index contributed by atoms with van der Waals surface area (Å²) in [5, 5.41) is 5.58. The first-order valence-electron chi connectivity index (χ1n) is 8.49. The molecule has 1 unspecified atom stereocenters. The molecule has 4 nitrogen and oxygen atoms in total. The van der Waals surface area contributed by atoms with Gasteiger partial charge in [0, 0.05) is 11.0 Å². The van der Waals surface area contributed by atoms with Crippen molar-refractivity contribution in [2.24, 2.45) is 0 Å². The van der Waals surface area contributed by atoms with Crippen LogP contribution < -0.4 is 10.6 Å². The lowest BCUT2D eigenvalue weighted by molar-refractivity contribution is -0.123. The minimum atomic E-state index is -0.660. The molecule has 27 heavy (non-hydrogen) atoms. The van der Waals surface area contributed by atoms with Gasteiger partial charge in [-0.25, -0.2) is 4.39 Å². The van der Waals surface area contributed by atoms with E-state index in [1.165, 1.54) is 6.07 Å². The molecular weight excluding hydrogens is 431 g/mol. The van der Waals surface area contributed by atoms with Gasteiger partial charge in [-0.05, 0) is 70.6 Å². The highest BCUT2D eigenvalue weighted by Crippen LogP contribution is 2.16. The molecule has 0 saturated heterocycles. The molecule has 2 aromatic rings. The quantitative estimate of drug-likeness (QED) is 0.634. The summed E-state index contributed by atoms with van der Waals surface area (Å²) >= 11 is 4.95. The number of hydrogen-bond acceptors (Lipinski definition) is 3. The zero-order valence-corrected chi connectivity index (χ0v) is 17.6. The maximum absolute atomic E-state index is 13.6. The normalized spacial score (nSPS) is 11.7. The average Bonchev–Trinajstić information content (AvgIpc) is 2.66. The summed E-state index contributed by atoms with van der Waals surface area (Å²) in [5.74, 6) is -0.175. The summed E-state index contributed by atoms with van der Waals surface area (Å²) in [7, 11) is 0. The summed E-state index contributed by atoms with van der Waals surface area (Å²) in [6.45, 7) is 1.89. The Kier molecular flexibility index (Phi) is 8.31. The lowest BCUT2D eigenvalue weighted by Gasteiger charge is -2.19. The summed E-state index contributed by atoms with van der Waals surface area (Å²) in [6, 6.07) is 11.3. The van der Waals surface area contributed by atoms with Crippen molar-refractivity contribution in [3.05, 3.63) is 69.4 Å². The van der Waals surface area contributed by atoms with Gasteiger partial charge in [0.1, 0.15) is 11.9 Å². The third kappa shape index (κ3) is 6.36. The highest BCUT2D eigenvalue weighted by molar-refractivity contribution is 9.10. The minimum absolute atomic E-state index is 0.205. The van der Waals surface area contributed by atoms with Gasteiger partial charge < -0.3 is 10.6 Å². The van der Waals surface area contributed by atoms with Crippen LogP contribution in [0.3, 0.4) is 0 Å². The van der Waals surface area contributed by atoms with Gasteiger partial charge in [0.25, 0.3) is 5.91 Å². The average molecular weight is 453 g/mol. The summed E-state index contributed by atoms with van der Waals surface area (Å²) in [6.07, 6.45) is 2.45. The van der Waals surface area contributed by atoms with E-state index >= 15 is 0 Å². The van der Waals surface area contributed by atoms with Crippen molar-refractivity contribution >= 4 is 39.5 Å². The number of nitrogens with one attached hydrogen (secondary N) is 2. The maximum Gasteiger partial charge on any atom is 0.253 e. The number of aryl methyl sites for hydroxylation is 1.